The highest BCUT2D eigenvalue weighted by Gasteiger charge is 2.23. The Morgan fingerprint density at radius 1 is 0.554 bits per heavy atom. The molecule has 3 unspecified atom stereocenters. The number of carbonyl (C=O) groups is 1. The van der Waals surface area contributed by atoms with E-state index < -0.39 is 26.6 Å². The average Bonchev–Trinajstić information content (AvgIpc) is 3.26. The number of phosphoric acid groups is 1. The summed E-state index contributed by atoms with van der Waals surface area (Å²) in [5.74, 6) is -0.220. The van der Waals surface area contributed by atoms with E-state index in [1.165, 1.54) is 77.0 Å². The average molecular weight is 927 g/mol. The lowest BCUT2D eigenvalue weighted by molar-refractivity contribution is -0.870. The van der Waals surface area contributed by atoms with E-state index in [-0.39, 0.29) is 12.5 Å². The second-order valence-electron chi connectivity index (χ2n) is 18.5. The van der Waals surface area contributed by atoms with Gasteiger partial charge in [0.25, 0.3) is 7.82 Å². The largest absolute Gasteiger partial charge is 0.756 e. The van der Waals surface area contributed by atoms with Gasteiger partial charge in [0.2, 0.25) is 5.91 Å². The maximum absolute atomic E-state index is 12.9. The second kappa shape index (κ2) is 46.5. The Labute approximate surface area is 400 Å². The number of hydrogen-bond acceptors (Lipinski definition) is 6. The van der Waals surface area contributed by atoms with E-state index in [0.29, 0.717) is 17.4 Å². The number of nitrogens with one attached hydrogen (secondary N) is 1. The van der Waals surface area contributed by atoms with Gasteiger partial charge in [0.1, 0.15) is 13.2 Å². The third kappa shape index (κ3) is 49.2. The van der Waals surface area contributed by atoms with E-state index in [4.69, 9.17) is 9.05 Å². The van der Waals surface area contributed by atoms with E-state index in [0.717, 1.165) is 103 Å². The number of carbonyl (C=O) groups excluding carboxylic acids is 1. The molecule has 0 bridgehead atoms. The molecule has 2 N–H and O–H groups in total. The molecule has 65 heavy (non-hydrogen) atoms. The van der Waals surface area contributed by atoms with Gasteiger partial charge in [0, 0.05) is 6.42 Å². The zero-order valence-electron chi connectivity index (χ0n) is 42.4. The molecule has 0 aliphatic rings. The van der Waals surface area contributed by atoms with Crippen LogP contribution in [0.25, 0.3) is 0 Å². The van der Waals surface area contributed by atoms with Gasteiger partial charge in [-0.05, 0) is 77.0 Å². The molecule has 0 aliphatic carbocycles. The van der Waals surface area contributed by atoms with Crippen molar-refractivity contribution in [1.29, 1.82) is 0 Å². The van der Waals surface area contributed by atoms with Crippen molar-refractivity contribution in [3.8, 4) is 0 Å². The van der Waals surface area contributed by atoms with Crippen molar-refractivity contribution in [1.82, 2.24) is 5.32 Å². The SMILES string of the molecule is CC/C=C\C/C=C\C/C=C\C/C=C\C/C=C\C/C=C\C/C=C\CCCCCCCC(=O)NC(COP(=O)([O-])OCC[N+](C)(C)C)C(O)/C=C/CCCCCCCCCCCCCCCC. The van der Waals surface area contributed by atoms with Gasteiger partial charge < -0.3 is 28.8 Å². The second-order valence-corrected chi connectivity index (χ2v) is 19.9. The van der Waals surface area contributed by atoms with Crippen LogP contribution in [0.1, 0.15) is 200 Å². The minimum Gasteiger partial charge on any atom is -0.756 e. The van der Waals surface area contributed by atoms with Crippen molar-refractivity contribution >= 4 is 13.7 Å². The number of aliphatic hydroxyl groups excluding tert-OH is 1. The number of likely N-dealkylation sites (N-methyl/N-ethyl adjacent to an activating group) is 1. The number of unbranched alkanes of at least 4 members (excludes halogenated alkanes) is 19. The third-order valence-electron chi connectivity index (χ3n) is 11.0. The Hall–Kier alpha value is -2.58. The van der Waals surface area contributed by atoms with Crippen LogP contribution < -0.4 is 10.2 Å². The normalized spacial score (nSPS) is 14.9. The molecule has 0 aromatic carbocycles. The molecule has 0 saturated carbocycles. The number of quaternary nitrogens is 1. The van der Waals surface area contributed by atoms with Gasteiger partial charge in [-0.25, -0.2) is 0 Å². The number of allylic oxidation sites excluding steroid dienone is 15. The summed E-state index contributed by atoms with van der Waals surface area (Å²) < 4.78 is 23.3. The zero-order chi connectivity index (χ0) is 47.8. The molecule has 0 rings (SSSR count). The number of nitrogens with zero attached hydrogens (tertiary/aromatic N) is 1. The Morgan fingerprint density at radius 3 is 1.37 bits per heavy atom. The monoisotopic (exact) mass is 927 g/mol. The van der Waals surface area contributed by atoms with Gasteiger partial charge in [-0.1, -0.05) is 214 Å². The standard InChI is InChI=1S/C56H99N2O6P/c1-6-8-10-12-14-16-18-20-22-24-25-26-27-28-29-30-31-32-33-34-36-38-40-42-44-46-48-50-56(60)57-54(53-64-65(61,62)63-52-51-58(3,4)5)55(59)49-47-45-43-41-39-37-35-23-21-19-17-15-13-11-9-7-2/h8,10,14,16,20,22,25-26,28-29,31-32,34,36,47,49,54-55,59H,6-7,9,11-13,15,17-19,21,23-24,27,30,33,35,37-46,48,50-53H2,1-5H3,(H-,57,60,61,62)/b10-8-,16-14-,22-20-,26-25-,29-28-,32-31-,36-34-,49-47+. The summed E-state index contributed by atoms with van der Waals surface area (Å²) in [4.78, 5) is 25.4. The lowest BCUT2D eigenvalue weighted by Crippen LogP contribution is -2.45. The summed E-state index contributed by atoms with van der Waals surface area (Å²) in [6.07, 6.45) is 66.0. The van der Waals surface area contributed by atoms with Crippen LogP contribution in [-0.2, 0) is 18.4 Å². The van der Waals surface area contributed by atoms with E-state index in [1.807, 2.05) is 27.2 Å². The van der Waals surface area contributed by atoms with Crippen LogP contribution in [0.3, 0.4) is 0 Å². The molecule has 0 saturated heterocycles. The number of hydrogen-bond donors (Lipinski definition) is 2. The lowest BCUT2D eigenvalue weighted by Gasteiger charge is -2.29. The fraction of sp³-hybridized carbons (Fsp3) is 0.696. The van der Waals surface area contributed by atoms with Gasteiger partial charge in [-0.15, -0.1) is 0 Å². The highest BCUT2D eigenvalue weighted by atomic mass is 31.2. The van der Waals surface area contributed by atoms with Crippen molar-refractivity contribution in [3.05, 3.63) is 97.2 Å². The van der Waals surface area contributed by atoms with Crippen LogP contribution in [0.4, 0.5) is 0 Å². The fourth-order valence-electron chi connectivity index (χ4n) is 6.96. The van der Waals surface area contributed by atoms with E-state index >= 15 is 0 Å². The van der Waals surface area contributed by atoms with Crippen molar-refractivity contribution in [2.45, 2.75) is 212 Å². The predicted octanol–water partition coefficient (Wildman–Crippen LogP) is 14.8. The Balaban J connectivity index is 4.36. The van der Waals surface area contributed by atoms with Crippen LogP contribution in [0.5, 0.6) is 0 Å². The van der Waals surface area contributed by atoms with E-state index in [9.17, 15) is 19.4 Å². The summed E-state index contributed by atoms with van der Waals surface area (Å²) in [7, 11) is 1.23. The number of rotatable bonds is 46. The topological polar surface area (TPSA) is 108 Å². The zero-order valence-corrected chi connectivity index (χ0v) is 43.3. The molecule has 374 valence electrons. The maximum atomic E-state index is 12.9. The molecule has 0 fully saturated rings. The van der Waals surface area contributed by atoms with Gasteiger partial charge in [0.05, 0.1) is 39.9 Å². The minimum absolute atomic E-state index is 0.0104. The molecule has 0 heterocycles. The van der Waals surface area contributed by atoms with Crippen molar-refractivity contribution in [3.63, 3.8) is 0 Å². The first-order chi connectivity index (χ1) is 31.5. The smallest absolute Gasteiger partial charge is 0.268 e. The van der Waals surface area contributed by atoms with Crippen molar-refractivity contribution < 1.29 is 32.9 Å². The van der Waals surface area contributed by atoms with Gasteiger partial charge >= 0.3 is 0 Å². The molecule has 0 spiro atoms. The molecule has 0 aromatic heterocycles. The molecular weight excluding hydrogens is 828 g/mol. The quantitative estimate of drug-likeness (QED) is 0.0272. The molecule has 8 nitrogen and oxygen atoms in total. The first-order valence-corrected chi connectivity index (χ1v) is 27.6. The van der Waals surface area contributed by atoms with Crippen LogP contribution in [0, 0.1) is 0 Å². The van der Waals surface area contributed by atoms with E-state index in [2.05, 4.69) is 104 Å². The first kappa shape index (κ1) is 62.4. The molecule has 0 aromatic rings. The Morgan fingerprint density at radius 2 is 0.938 bits per heavy atom. The third-order valence-corrected chi connectivity index (χ3v) is 12.0. The molecule has 0 aliphatic heterocycles. The Bertz CT molecular complexity index is 1370. The molecule has 3 atom stereocenters. The van der Waals surface area contributed by atoms with Crippen LogP contribution in [0.15, 0.2) is 97.2 Å². The van der Waals surface area contributed by atoms with Crippen LogP contribution >= 0.6 is 7.82 Å². The molecular formula is C56H99N2O6P. The van der Waals surface area contributed by atoms with Gasteiger partial charge in [-0.2, -0.15) is 0 Å². The molecule has 9 heteroatoms. The number of amides is 1. The Kier molecular flexibility index (Phi) is 44.7. The first-order valence-electron chi connectivity index (χ1n) is 26.1. The lowest BCUT2D eigenvalue weighted by atomic mass is 10.0. The van der Waals surface area contributed by atoms with Gasteiger partial charge in [0.15, 0.2) is 0 Å². The summed E-state index contributed by atoms with van der Waals surface area (Å²) in [5.41, 5.74) is 0. The van der Waals surface area contributed by atoms with Gasteiger partial charge in [-0.3, -0.25) is 9.36 Å². The highest BCUT2D eigenvalue weighted by molar-refractivity contribution is 7.45. The number of phosphoric ester groups is 1. The van der Waals surface area contributed by atoms with Crippen LogP contribution in [-0.4, -0.2) is 68.5 Å². The van der Waals surface area contributed by atoms with Crippen LogP contribution in [0.2, 0.25) is 0 Å². The number of aliphatic hydroxyl groups is 1. The summed E-state index contributed by atoms with van der Waals surface area (Å²) in [5, 5.41) is 13.8. The molecule has 0 radical (unpaired) electrons. The van der Waals surface area contributed by atoms with Crippen molar-refractivity contribution in [2.75, 3.05) is 40.9 Å². The van der Waals surface area contributed by atoms with Crippen molar-refractivity contribution in [2.24, 2.45) is 0 Å². The predicted molar refractivity (Wildman–Crippen MR) is 279 cm³/mol. The van der Waals surface area contributed by atoms with E-state index in [1.54, 1.807) is 6.08 Å². The maximum Gasteiger partial charge on any atom is 0.268 e. The summed E-state index contributed by atoms with van der Waals surface area (Å²) in [6.45, 7) is 4.51. The minimum atomic E-state index is -4.61. The highest BCUT2D eigenvalue weighted by Crippen LogP contribution is 2.38. The summed E-state index contributed by atoms with van der Waals surface area (Å²) in [6, 6.07) is -0.904. The fourth-order valence-corrected chi connectivity index (χ4v) is 7.68. The molecule has 1 amide bonds. The summed E-state index contributed by atoms with van der Waals surface area (Å²) >= 11 is 0.